The van der Waals surface area contributed by atoms with Crippen LogP contribution in [0.1, 0.15) is 11.1 Å². The highest BCUT2D eigenvalue weighted by Crippen LogP contribution is 2.27. The van der Waals surface area contributed by atoms with Gasteiger partial charge >= 0.3 is 5.97 Å². The number of hydrogen-bond donors (Lipinski definition) is 0. The van der Waals surface area contributed by atoms with Crippen molar-refractivity contribution in [3.63, 3.8) is 0 Å². The molecule has 0 fully saturated rings. The van der Waals surface area contributed by atoms with Crippen LogP contribution < -0.4 is 0 Å². The molecule has 3 heterocycles. The van der Waals surface area contributed by atoms with E-state index in [1.807, 2.05) is 59.2 Å². The smallest absolute Gasteiger partial charge is 0.323 e. The Kier molecular flexibility index (Phi) is 5.46. The van der Waals surface area contributed by atoms with E-state index in [0.29, 0.717) is 36.0 Å². The minimum atomic E-state index is -0.411. The molecule has 32 heavy (non-hydrogen) atoms. The zero-order valence-electron chi connectivity index (χ0n) is 17.5. The fourth-order valence-electron chi connectivity index (χ4n) is 4.14. The summed E-state index contributed by atoms with van der Waals surface area (Å²) >= 11 is 5.83. The standard InChI is InChI=1S/C24H22N4O3S/c1-30-23(29)20-14-17-8-5-6-9-18(17)15-26(20)16-27-24(32)28(19-10-3-2-4-11-19)22(25-27)21-12-7-13-31-21/h2-13,20H,14-16H2,1H3/t20-/m0/s1. The zero-order chi connectivity index (χ0) is 22.1. The lowest BCUT2D eigenvalue weighted by Crippen LogP contribution is -2.46. The second kappa shape index (κ2) is 8.57. The van der Waals surface area contributed by atoms with Crippen LogP contribution in [-0.4, -0.2) is 38.4 Å². The van der Waals surface area contributed by atoms with Crippen molar-refractivity contribution in [3.05, 3.63) is 88.9 Å². The van der Waals surface area contributed by atoms with E-state index in [1.165, 1.54) is 12.7 Å². The highest BCUT2D eigenvalue weighted by Gasteiger charge is 2.33. The van der Waals surface area contributed by atoms with Gasteiger partial charge in [-0.05, 0) is 54.0 Å². The third-order valence-electron chi connectivity index (χ3n) is 5.73. The number of rotatable bonds is 5. The molecule has 0 saturated heterocycles. The van der Waals surface area contributed by atoms with Gasteiger partial charge in [0.15, 0.2) is 5.76 Å². The summed E-state index contributed by atoms with van der Waals surface area (Å²) in [5.74, 6) is 0.963. The van der Waals surface area contributed by atoms with E-state index in [0.717, 1.165) is 11.3 Å². The first-order valence-corrected chi connectivity index (χ1v) is 10.7. The monoisotopic (exact) mass is 446 g/mol. The highest BCUT2D eigenvalue weighted by atomic mass is 32.1. The molecule has 0 radical (unpaired) electrons. The van der Waals surface area contributed by atoms with E-state index in [-0.39, 0.29) is 5.97 Å². The Morgan fingerprint density at radius 2 is 1.84 bits per heavy atom. The zero-order valence-corrected chi connectivity index (χ0v) is 18.4. The molecule has 0 bridgehead atoms. The second-order valence-electron chi connectivity index (χ2n) is 7.65. The van der Waals surface area contributed by atoms with E-state index in [4.69, 9.17) is 26.5 Å². The number of furan rings is 1. The first-order valence-electron chi connectivity index (χ1n) is 10.3. The first-order chi connectivity index (χ1) is 15.7. The first kappa shape index (κ1) is 20.4. The number of carbonyl (C=O) groups is 1. The van der Waals surface area contributed by atoms with Crippen LogP contribution in [0.25, 0.3) is 17.3 Å². The molecule has 0 amide bonds. The number of carbonyl (C=O) groups excluding carboxylic acids is 1. The van der Waals surface area contributed by atoms with Crippen LogP contribution in [-0.2, 0) is 29.2 Å². The second-order valence-corrected chi connectivity index (χ2v) is 8.02. The number of benzene rings is 2. The summed E-state index contributed by atoms with van der Waals surface area (Å²) < 4.78 is 14.9. The van der Waals surface area contributed by atoms with Gasteiger partial charge in [-0.1, -0.05) is 42.5 Å². The quantitative estimate of drug-likeness (QED) is 0.338. The van der Waals surface area contributed by atoms with Gasteiger partial charge in [-0.3, -0.25) is 14.3 Å². The Morgan fingerprint density at radius 1 is 1.09 bits per heavy atom. The molecule has 162 valence electrons. The Hall–Kier alpha value is -3.49. The molecule has 0 aliphatic carbocycles. The van der Waals surface area contributed by atoms with Crippen molar-refractivity contribution in [1.82, 2.24) is 19.2 Å². The summed E-state index contributed by atoms with van der Waals surface area (Å²) in [6.07, 6.45) is 2.20. The molecule has 5 rings (SSSR count). The minimum absolute atomic E-state index is 0.264. The van der Waals surface area contributed by atoms with E-state index in [2.05, 4.69) is 17.0 Å². The fourth-order valence-corrected chi connectivity index (χ4v) is 4.43. The van der Waals surface area contributed by atoms with Gasteiger partial charge in [0.1, 0.15) is 6.04 Å². The summed E-state index contributed by atoms with van der Waals surface area (Å²) in [6.45, 7) is 0.951. The van der Waals surface area contributed by atoms with Crippen LogP contribution in [0.2, 0.25) is 0 Å². The van der Waals surface area contributed by atoms with E-state index < -0.39 is 6.04 Å². The molecule has 1 atom stereocenters. The van der Waals surface area contributed by atoms with Crippen LogP contribution >= 0.6 is 12.2 Å². The minimum Gasteiger partial charge on any atom is -0.468 e. The predicted molar refractivity (Wildman–Crippen MR) is 122 cm³/mol. The molecule has 8 heteroatoms. The van der Waals surface area contributed by atoms with Crippen molar-refractivity contribution < 1.29 is 13.9 Å². The summed E-state index contributed by atoms with van der Waals surface area (Å²) in [6, 6.07) is 21.2. The van der Waals surface area contributed by atoms with E-state index in [1.54, 1.807) is 10.9 Å². The van der Waals surface area contributed by atoms with Crippen LogP contribution in [0.4, 0.5) is 0 Å². The number of ether oxygens (including phenoxy) is 1. The molecule has 0 unspecified atom stereocenters. The highest BCUT2D eigenvalue weighted by molar-refractivity contribution is 7.71. The third-order valence-corrected chi connectivity index (χ3v) is 6.12. The number of aromatic nitrogens is 3. The molecule has 2 aromatic carbocycles. The molecule has 0 saturated carbocycles. The van der Waals surface area contributed by atoms with Crippen molar-refractivity contribution in [2.45, 2.75) is 25.7 Å². The molecule has 4 aromatic rings. The maximum absolute atomic E-state index is 12.6. The van der Waals surface area contributed by atoms with Crippen LogP contribution in [0.15, 0.2) is 77.4 Å². The average Bonchev–Trinajstić information content (AvgIpc) is 3.47. The van der Waals surface area contributed by atoms with Crippen molar-refractivity contribution in [1.29, 1.82) is 0 Å². The molecular formula is C24H22N4O3S. The maximum Gasteiger partial charge on any atom is 0.323 e. The predicted octanol–water partition coefficient (Wildman–Crippen LogP) is 4.22. The normalized spacial score (nSPS) is 16.0. The number of esters is 1. The van der Waals surface area contributed by atoms with Gasteiger partial charge in [-0.15, -0.1) is 5.10 Å². The van der Waals surface area contributed by atoms with Crippen LogP contribution in [0, 0.1) is 4.77 Å². The number of methoxy groups -OCH3 is 1. The van der Waals surface area contributed by atoms with Gasteiger partial charge in [-0.2, -0.15) is 0 Å². The largest absolute Gasteiger partial charge is 0.468 e. The summed E-state index contributed by atoms with van der Waals surface area (Å²) in [5.41, 5.74) is 3.24. The van der Waals surface area contributed by atoms with Crippen molar-refractivity contribution in [2.24, 2.45) is 0 Å². The van der Waals surface area contributed by atoms with Crippen molar-refractivity contribution >= 4 is 18.2 Å². The number of hydrogen-bond acceptors (Lipinski definition) is 6. The molecular weight excluding hydrogens is 424 g/mol. The van der Waals surface area contributed by atoms with Gasteiger partial charge in [0.2, 0.25) is 10.6 Å². The summed E-state index contributed by atoms with van der Waals surface area (Å²) in [4.78, 5) is 14.7. The fraction of sp³-hybridized carbons (Fsp3) is 0.208. The van der Waals surface area contributed by atoms with Gasteiger partial charge < -0.3 is 9.15 Å². The van der Waals surface area contributed by atoms with Crippen LogP contribution in [0.3, 0.4) is 0 Å². The Morgan fingerprint density at radius 3 is 2.56 bits per heavy atom. The van der Waals surface area contributed by atoms with Gasteiger partial charge in [0, 0.05) is 6.54 Å². The Bertz CT molecular complexity index is 1290. The third kappa shape index (κ3) is 3.68. The molecule has 0 spiro atoms. The molecule has 1 aliphatic heterocycles. The lowest BCUT2D eigenvalue weighted by Gasteiger charge is -2.34. The number of nitrogens with zero attached hydrogens (tertiary/aromatic N) is 4. The molecule has 1 aliphatic rings. The van der Waals surface area contributed by atoms with E-state index in [9.17, 15) is 4.79 Å². The van der Waals surface area contributed by atoms with Crippen LogP contribution in [0.5, 0.6) is 0 Å². The lowest BCUT2D eigenvalue weighted by atomic mass is 9.94. The summed E-state index contributed by atoms with van der Waals surface area (Å²) in [5, 5.41) is 4.79. The summed E-state index contributed by atoms with van der Waals surface area (Å²) in [7, 11) is 1.42. The number of para-hydroxylation sites is 1. The number of fused-ring (bicyclic) bond motifs is 1. The SMILES string of the molecule is COC(=O)[C@@H]1Cc2ccccc2CN1Cn1nc(-c2ccco2)n(-c2ccccc2)c1=S. The average molecular weight is 447 g/mol. The lowest BCUT2D eigenvalue weighted by molar-refractivity contribution is -0.148. The van der Waals surface area contributed by atoms with Gasteiger partial charge in [-0.25, -0.2) is 4.68 Å². The van der Waals surface area contributed by atoms with Crippen molar-refractivity contribution in [3.8, 4) is 17.3 Å². The topological polar surface area (TPSA) is 65.4 Å². The molecule has 7 nitrogen and oxygen atoms in total. The van der Waals surface area contributed by atoms with Gasteiger partial charge in [0.25, 0.3) is 0 Å². The Labute approximate surface area is 190 Å². The van der Waals surface area contributed by atoms with E-state index >= 15 is 0 Å². The maximum atomic E-state index is 12.6. The molecule has 0 N–H and O–H groups in total. The van der Waals surface area contributed by atoms with Crippen molar-refractivity contribution in [2.75, 3.05) is 7.11 Å². The Balaban J connectivity index is 1.56. The van der Waals surface area contributed by atoms with Gasteiger partial charge in [0.05, 0.1) is 25.7 Å². The molecule has 2 aromatic heterocycles.